The third-order valence-corrected chi connectivity index (χ3v) is 2.97. The summed E-state index contributed by atoms with van der Waals surface area (Å²) >= 11 is 0. The molecule has 0 aliphatic carbocycles. The summed E-state index contributed by atoms with van der Waals surface area (Å²) in [5.41, 5.74) is 1.26. The zero-order valence-corrected chi connectivity index (χ0v) is 11.7. The number of carbonyl (C=O) groups excluding carboxylic acids is 1. The quantitative estimate of drug-likeness (QED) is 0.815. The van der Waals surface area contributed by atoms with Crippen molar-refractivity contribution in [3.8, 4) is 0 Å². The fourth-order valence-electron chi connectivity index (χ4n) is 1.46. The van der Waals surface area contributed by atoms with Crippen LogP contribution in [0, 0.1) is 0 Å². The van der Waals surface area contributed by atoms with Crippen molar-refractivity contribution in [2.75, 3.05) is 11.9 Å². The smallest absolute Gasteiger partial charge is 0.253 e. The molecule has 1 amide bonds. The highest BCUT2D eigenvalue weighted by Gasteiger charge is 2.20. The van der Waals surface area contributed by atoms with E-state index in [9.17, 15) is 4.79 Å². The predicted molar refractivity (Wildman–Crippen MR) is 74.9 cm³/mol. The topological polar surface area (TPSA) is 54.0 Å². The summed E-state index contributed by atoms with van der Waals surface area (Å²) in [7, 11) is 0. The van der Waals surface area contributed by atoms with E-state index in [-0.39, 0.29) is 11.4 Å². The van der Waals surface area contributed by atoms with Crippen molar-refractivity contribution in [1.29, 1.82) is 0 Å². The van der Waals surface area contributed by atoms with Gasteiger partial charge in [0.05, 0.1) is 17.4 Å². The number of rotatable bonds is 6. The fourth-order valence-corrected chi connectivity index (χ4v) is 1.46. The summed E-state index contributed by atoms with van der Waals surface area (Å²) in [4.78, 5) is 16.3. The minimum absolute atomic E-state index is 0.0529. The second-order valence-corrected chi connectivity index (χ2v) is 5.04. The first-order valence-electron chi connectivity index (χ1n) is 6.50. The van der Waals surface area contributed by atoms with Crippen molar-refractivity contribution in [2.24, 2.45) is 0 Å². The Hall–Kier alpha value is -1.58. The Balaban J connectivity index is 2.85. The Bertz CT molecular complexity index is 402. The number of nitrogens with zero attached hydrogens (tertiary/aromatic N) is 1. The van der Waals surface area contributed by atoms with Gasteiger partial charge in [-0.15, -0.1) is 0 Å². The van der Waals surface area contributed by atoms with Gasteiger partial charge in [0.15, 0.2) is 0 Å². The van der Waals surface area contributed by atoms with Gasteiger partial charge in [0, 0.05) is 18.3 Å². The van der Waals surface area contributed by atoms with Crippen LogP contribution >= 0.6 is 0 Å². The van der Waals surface area contributed by atoms with Crippen LogP contribution in [0.3, 0.4) is 0 Å². The molecule has 0 aliphatic heterocycles. The predicted octanol–water partition coefficient (Wildman–Crippen LogP) is 2.82. The first-order valence-corrected chi connectivity index (χ1v) is 6.50. The van der Waals surface area contributed by atoms with Crippen LogP contribution in [0.1, 0.15) is 50.9 Å². The molecule has 1 aromatic heterocycles. The van der Waals surface area contributed by atoms with Crippen LogP contribution in [0.5, 0.6) is 0 Å². The first-order chi connectivity index (χ1) is 8.50. The number of amides is 1. The largest absolute Gasteiger partial charge is 0.383 e. The minimum Gasteiger partial charge on any atom is -0.383 e. The van der Waals surface area contributed by atoms with Crippen LogP contribution < -0.4 is 10.6 Å². The van der Waals surface area contributed by atoms with Gasteiger partial charge in [-0.1, -0.05) is 13.8 Å². The third-order valence-electron chi connectivity index (χ3n) is 2.97. The monoisotopic (exact) mass is 249 g/mol. The van der Waals surface area contributed by atoms with E-state index in [1.807, 2.05) is 13.8 Å². The Morgan fingerprint density at radius 2 is 2.11 bits per heavy atom. The average molecular weight is 249 g/mol. The summed E-state index contributed by atoms with van der Waals surface area (Å²) in [6.07, 6.45) is 5.24. The number of pyridine rings is 1. The van der Waals surface area contributed by atoms with Crippen molar-refractivity contribution in [2.45, 2.75) is 46.1 Å². The van der Waals surface area contributed by atoms with Crippen molar-refractivity contribution in [3.63, 3.8) is 0 Å². The second kappa shape index (κ2) is 6.38. The van der Waals surface area contributed by atoms with Gasteiger partial charge in [0.2, 0.25) is 0 Å². The van der Waals surface area contributed by atoms with E-state index in [1.165, 1.54) is 0 Å². The van der Waals surface area contributed by atoms with Crippen LogP contribution in [0.4, 0.5) is 5.69 Å². The van der Waals surface area contributed by atoms with Crippen LogP contribution in [-0.2, 0) is 0 Å². The van der Waals surface area contributed by atoms with E-state index >= 15 is 0 Å². The molecule has 1 rings (SSSR count). The molecule has 0 saturated carbocycles. The van der Waals surface area contributed by atoms with E-state index in [2.05, 4.69) is 29.5 Å². The molecule has 0 bridgehead atoms. The third kappa shape index (κ3) is 4.02. The van der Waals surface area contributed by atoms with Gasteiger partial charge in [-0.05, 0) is 32.8 Å². The van der Waals surface area contributed by atoms with Crippen LogP contribution in [0.2, 0.25) is 0 Å². The van der Waals surface area contributed by atoms with Crippen molar-refractivity contribution >= 4 is 11.6 Å². The van der Waals surface area contributed by atoms with E-state index < -0.39 is 0 Å². The molecule has 0 spiro atoms. The standard InChI is InChI=1S/C14H23N3O/c1-5-8-16-12-10-15-9-7-11(12)13(18)17-14(3,4)6-2/h7,9-10,16H,5-6,8H2,1-4H3,(H,17,18). The molecule has 2 N–H and O–H groups in total. The summed E-state index contributed by atoms with van der Waals surface area (Å²) in [5, 5.41) is 6.26. The number of nitrogens with one attached hydrogen (secondary N) is 2. The van der Waals surface area contributed by atoms with Gasteiger partial charge in [-0.2, -0.15) is 0 Å². The van der Waals surface area contributed by atoms with E-state index in [0.717, 1.165) is 25.1 Å². The lowest BCUT2D eigenvalue weighted by Crippen LogP contribution is -2.43. The lowest BCUT2D eigenvalue weighted by Gasteiger charge is -2.25. The number of anilines is 1. The van der Waals surface area contributed by atoms with Crippen LogP contribution in [0.25, 0.3) is 0 Å². The Morgan fingerprint density at radius 1 is 1.39 bits per heavy atom. The van der Waals surface area contributed by atoms with Crippen LogP contribution in [0.15, 0.2) is 18.5 Å². The molecule has 1 heterocycles. The molecule has 0 atom stereocenters. The maximum absolute atomic E-state index is 12.2. The maximum Gasteiger partial charge on any atom is 0.253 e. The van der Waals surface area contributed by atoms with Gasteiger partial charge < -0.3 is 10.6 Å². The summed E-state index contributed by atoms with van der Waals surface area (Å²) < 4.78 is 0. The molecule has 0 radical (unpaired) electrons. The van der Waals surface area contributed by atoms with Crippen LogP contribution in [-0.4, -0.2) is 23.0 Å². The zero-order valence-electron chi connectivity index (χ0n) is 11.7. The summed E-state index contributed by atoms with van der Waals surface area (Å²) in [5.74, 6) is -0.0529. The first kappa shape index (κ1) is 14.5. The minimum atomic E-state index is -0.192. The molecule has 100 valence electrons. The van der Waals surface area contributed by atoms with Crippen molar-refractivity contribution in [3.05, 3.63) is 24.0 Å². The molecular weight excluding hydrogens is 226 g/mol. The molecule has 0 fully saturated rings. The Labute approximate surface area is 109 Å². The molecule has 0 saturated heterocycles. The molecule has 4 nitrogen and oxygen atoms in total. The summed E-state index contributed by atoms with van der Waals surface area (Å²) in [6.45, 7) is 9.02. The lowest BCUT2D eigenvalue weighted by molar-refractivity contribution is 0.0912. The van der Waals surface area contributed by atoms with E-state index in [1.54, 1.807) is 18.5 Å². The highest BCUT2D eigenvalue weighted by molar-refractivity contribution is 5.99. The van der Waals surface area contributed by atoms with Crippen molar-refractivity contribution < 1.29 is 4.79 Å². The number of hydrogen-bond donors (Lipinski definition) is 2. The number of aromatic nitrogens is 1. The highest BCUT2D eigenvalue weighted by Crippen LogP contribution is 2.16. The lowest BCUT2D eigenvalue weighted by atomic mass is 10.0. The number of carbonyl (C=O) groups is 1. The van der Waals surface area contributed by atoms with Gasteiger partial charge in [0.25, 0.3) is 5.91 Å². The van der Waals surface area contributed by atoms with E-state index in [0.29, 0.717) is 5.56 Å². The normalized spacial score (nSPS) is 11.1. The highest BCUT2D eigenvalue weighted by atomic mass is 16.1. The summed E-state index contributed by atoms with van der Waals surface area (Å²) in [6, 6.07) is 1.75. The maximum atomic E-state index is 12.2. The SMILES string of the molecule is CCCNc1cnccc1C(=O)NC(C)(C)CC. The fraction of sp³-hybridized carbons (Fsp3) is 0.571. The van der Waals surface area contributed by atoms with Crippen molar-refractivity contribution in [1.82, 2.24) is 10.3 Å². The van der Waals surface area contributed by atoms with Gasteiger partial charge in [-0.3, -0.25) is 9.78 Å². The van der Waals surface area contributed by atoms with Gasteiger partial charge in [0.1, 0.15) is 0 Å². The molecule has 1 aromatic rings. The Kier molecular flexibility index (Phi) is 5.13. The molecule has 18 heavy (non-hydrogen) atoms. The van der Waals surface area contributed by atoms with Gasteiger partial charge >= 0.3 is 0 Å². The molecule has 0 aliphatic rings. The molecule has 0 aromatic carbocycles. The average Bonchev–Trinajstić information content (AvgIpc) is 2.36. The Morgan fingerprint density at radius 3 is 2.72 bits per heavy atom. The molecule has 4 heteroatoms. The zero-order chi connectivity index (χ0) is 13.6. The number of hydrogen-bond acceptors (Lipinski definition) is 3. The molecular formula is C14H23N3O. The van der Waals surface area contributed by atoms with Gasteiger partial charge in [-0.25, -0.2) is 0 Å². The van der Waals surface area contributed by atoms with E-state index in [4.69, 9.17) is 0 Å². The molecule has 0 unspecified atom stereocenters. The second-order valence-electron chi connectivity index (χ2n) is 5.04.